The van der Waals surface area contributed by atoms with Crippen molar-refractivity contribution >= 4 is 46.0 Å². The highest BCUT2D eigenvalue weighted by Gasteiger charge is 2.15. The van der Waals surface area contributed by atoms with E-state index in [9.17, 15) is 4.79 Å². The smallest absolute Gasteiger partial charge is 0.305 e. The number of ether oxygens (including phenoxy) is 1. The van der Waals surface area contributed by atoms with Crippen LogP contribution in [-0.2, 0) is 16.6 Å². The lowest BCUT2D eigenvalue weighted by Gasteiger charge is -2.11. The van der Waals surface area contributed by atoms with Gasteiger partial charge in [0.1, 0.15) is 0 Å². The molecule has 6 nitrogen and oxygen atoms in total. The van der Waals surface area contributed by atoms with Crippen LogP contribution in [0.15, 0.2) is 24.3 Å². The number of methoxy groups -OCH3 is 1. The average molecular weight is 349 g/mol. The molecule has 1 N–H and O–H groups in total. The van der Waals surface area contributed by atoms with Crippen molar-refractivity contribution in [2.45, 2.75) is 19.8 Å². The van der Waals surface area contributed by atoms with E-state index < -0.39 is 0 Å². The Balaban J connectivity index is 0.00000208. The molecule has 1 aromatic carbocycles. The van der Waals surface area contributed by atoms with Crippen LogP contribution in [0.3, 0.4) is 0 Å². The summed E-state index contributed by atoms with van der Waals surface area (Å²) in [5, 5.41) is 10.0. The van der Waals surface area contributed by atoms with Crippen molar-refractivity contribution in [3.63, 3.8) is 0 Å². The first-order chi connectivity index (χ1) is 11.1. The molecule has 2 heterocycles. The lowest BCUT2D eigenvalue weighted by Crippen LogP contribution is -2.07. The molecule has 0 saturated carbocycles. The van der Waals surface area contributed by atoms with Gasteiger partial charge >= 0.3 is 5.97 Å². The number of aromatic nitrogens is 3. The van der Waals surface area contributed by atoms with Crippen LogP contribution in [0.2, 0.25) is 0 Å². The molecule has 0 spiro atoms. The van der Waals surface area contributed by atoms with E-state index in [4.69, 9.17) is 4.98 Å². The zero-order valence-electron chi connectivity index (χ0n) is 14.0. The maximum Gasteiger partial charge on any atom is 0.305 e. The summed E-state index contributed by atoms with van der Waals surface area (Å²) in [6.07, 6.45) is 1.12. The Kier molecular flexibility index (Phi) is 5.62. The van der Waals surface area contributed by atoms with Gasteiger partial charge in [0.15, 0.2) is 5.65 Å². The fourth-order valence-corrected chi connectivity index (χ4v) is 2.83. The van der Waals surface area contributed by atoms with E-state index in [-0.39, 0.29) is 18.4 Å². The third-order valence-corrected chi connectivity index (χ3v) is 3.93. The second kappa shape index (κ2) is 7.49. The summed E-state index contributed by atoms with van der Waals surface area (Å²) >= 11 is 0. The Bertz CT molecular complexity index is 876. The van der Waals surface area contributed by atoms with Gasteiger partial charge in [0.2, 0.25) is 0 Å². The summed E-state index contributed by atoms with van der Waals surface area (Å²) in [5.41, 5.74) is 3.76. The van der Waals surface area contributed by atoms with E-state index in [1.807, 2.05) is 32.2 Å². The molecule has 3 rings (SSSR count). The molecule has 3 aromatic rings. The number of anilines is 1. The topological polar surface area (TPSA) is 69.0 Å². The lowest BCUT2D eigenvalue weighted by molar-refractivity contribution is -0.140. The van der Waals surface area contributed by atoms with Gasteiger partial charge in [0, 0.05) is 25.4 Å². The fourth-order valence-electron chi connectivity index (χ4n) is 2.83. The summed E-state index contributed by atoms with van der Waals surface area (Å²) in [7, 11) is 3.31. The van der Waals surface area contributed by atoms with Gasteiger partial charge in [-0.1, -0.05) is 18.2 Å². The van der Waals surface area contributed by atoms with Crippen molar-refractivity contribution in [3.8, 4) is 0 Å². The summed E-state index contributed by atoms with van der Waals surface area (Å²) in [4.78, 5) is 15.9. The number of rotatable bonds is 5. The number of para-hydroxylation sites is 1. The molecular weight excluding hydrogens is 328 g/mol. The zero-order valence-corrected chi connectivity index (χ0v) is 14.8. The molecular formula is C17H21ClN4O2. The number of carbonyl (C=O) groups excluding carboxylic acids is 1. The second-order valence-corrected chi connectivity index (χ2v) is 5.52. The first-order valence-electron chi connectivity index (χ1n) is 7.64. The van der Waals surface area contributed by atoms with Gasteiger partial charge in [0.25, 0.3) is 0 Å². The second-order valence-electron chi connectivity index (χ2n) is 5.52. The zero-order chi connectivity index (χ0) is 16.4. The number of nitrogens with zero attached hydrogens (tertiary/aromatic N) is 3. The molecule has 0 fully saturated rings. The SMILES string of the molecule is COC(=O)CCCNc1c2ccccc2nc2c1c(C)nn2C.Cl. The third-order valence-electron chi connectivity index (χ3n) is 3.93. The van der Waals surface area contributed by atoms with Gasteiger partial charge in [-0.15, -0.1) is 12.4 Å². The molecule has 0 atom stereocenters. The predicted molar refractivity (Wildman–Crippen MR) is 97.7 cm³/mol. The number of fused-ring (bicyclic) bond motifs is 2. The van der Waals surface area contributed by atoms with E-state index in [0.717, 1.165) is 33.3 Å². The lowest BCUT2D eigenvalue weighted by atomic mass is 10.1. The molecule has 128 valence electrons. The minimum Gasteiger partial charge on any atom is -0.469 e. The van der Waals surface area contributed by atoms with Crippen molar-refractivity contribution < 1.29 is 9.53 Å². The van der Waals surface area contributed by atoms with Crippen LogP contribution in [0.4, 0.5) is 5.69 Å². The summed E-state index contributed by atoms with van der Waals surface area (Å²) in [5.74, 6) is -0.186. The molecule has 0 unspecified atom stereocenters. The number of pyridine rings is 1. The average Bonchev–Trinajstić information content (AvgIpc) is 2.84. The largest absolute Gasteiger partial charge is 0.469 e. The van der Waals surface area contributed by atoms with Gasteiger partial charge in [0.05, 0.1) is 29.4 Å². The Labute approximate surface area is 146 Å². The van der Waals surface area contributed by atoms with Crippen LogP contribution in [0.25, 0.3) is 21.9 Å². The van der Waals surface area contributed by atoms with Crippen molar-refractivity contribution in [3.05, 3.63) is 30.0 Å². The van der Waals surface area contributed by atoms with Crippen molar-refractivity contribution in [2.24, 2.45) is 7.05 Å². The highest BCUT2D eigenvalue weighted by atomic mass is 35.5. The summed E-state index contributed by atoms with van der Waals surface area (Å²) < 4.78 is 6.48. The van der Waals surface area contributed by atoms with Crippen molar-refractivity contribution in [2.75, 3.05) is 19.0 Å². The molecule has 0 aliphatic rings. The number of aryl methyl sites for hydroxylation is 2. The van der Waals surface area contributed by atoms with Crippen molar-refractivity contribution in [1.82, 2.24) is 14.8 Å². The van der Waals surface area contributed by atoms with Gasteiger partial charge in [-0.3, -0.25) is 9.48 Å². The molecule has 0 saturated heterocycles. The van der Waals surface area contributed by atoms with E-state index in [2.05, 4.69) is 21.2 Å². The first-order valence-corrected chi connectivity index (χ1v) is 7.64. The minimum atomic E-state index is -0.186. The molecule has 0 bridgehead atoms. The van der Waals surface area contributed by atoms with Crippen LogP contribution in [0.1, 0.15) is 18.5 Å². The van der Waals surface area contributed by atoms with Crippen LogP contribution in [0, 0.1) is 6.92 Å². The van der Waals surface area contributed by atoms with E-state index in [1.54, 1.807) is 4.68 Å². The van der Waals surface area contributed by atoms with E-state index in [0.29, 0.717) is 19.4 Å². The first kappa shape index (κ1) is 18.0. The number of hydrogen-bond donors (Lipinski definition) is 1. The Morgan fingerprint density at radius 3 is 2.83 bits per heavy atom. The number of hydrogen-bond acceptors (Lipinski definition) is 5. The van der Waals surface area contributed by atoms with E-state index in [1.165, 1.54) is 7.11 Å². The Hall–Kier alpha value is -2.34. The molecule has 24 heavy (non-hydrogen) atoms. The number of benzene rings is 1. The maximum atomic E-state index is 11.2. The van der Waals surface area contributed by atoms with Gasteiger partial charge in [-0.25, -0.2) is 4.98 Å². The third kappa shape index (κ3) is 3.28. The molecule has 0 radical (unpaired) electrons. The Morgan fingerprint density at radius 1 is 1.33 bits per heavy atom. The monoisotopic (exact) mass is 348 g/mol. The Morgan fingerprint density at radius 2 is 2.08 bits per heavy atom. The molecule has 0 aliphatic heterocycles. The molecule has 0 amide bonds. The normalized spacial score (nSPS) is 10.6. The number of carbonyl (C=O) groups is 1. The van der Waals surface area contributed by atoms with Crippen LogP contribution in [0.5, 0.6) is 0 Å². The highest BCUT2D eigenvalue weighted by molar-refractivity contribution is 6.07. The van der Waals surface area contributed by atoms with Gasteiger partial charge < -0.3 is 10.1 Å². The van der Waals surface area contributed by atoms with Crippen LogP contribution in [-0.4, -0.2) is 34.4 Å². The highest BCUT2D eigenvalue weighted by Crippen LogP contribution is 2.32. The maximum absolute atomic E-state index is 11.2. The quantitative estimate of drug-likeness (QED) is 0.566. The number of halogens is 1. The fraction of sp³-hybridized carbons (Fsp3) is 0.353. The molecule has 7 heteroatoms. The van der Waals surface area contributed by atoms with Gasteiger partial charge in [-0.2, -0.15) is 5.10 Å². The summed E-state index contributed by atoms with van der Waals surface area (Å²) in [6.45, 7) is 2.67. The molecule has 2 aromatic heterocycles. The van der Waals surface area contributed by atoms with Crippen LogP contribution < -0.4 is 5.32 Å². The minimum absolute atomic E-state index is 0. The number of esters is 1. The standard InChI is InChI=1S/C17H20N4O2.ClH/c1-11-15-16(18-10-6-9-14(22)23-3)12-7-4-5-8-13(12)19-17(15)21(2)20-11;/h4-5,7-8H,6,9-10H2,1-3H3,(H,18,19);1H. The van der Waals surface area contributed by atoms with Crippen molar-refractivity contribution in [1.29, 1.82) is 0 Å². The molecule has 0 aliphatic carbocycles. The number of nitrogens with one attached hydrogen (secondary N) is 1. The van der Waals surface area contributed by atoms with E-state index >= 15 is 0 Å². The summed E-state index contributed by atoms with van der Waals surface area (Å²) in [6, 6.07) is 8.03. The van der Waals surface area contributed by atoms with Crippen LogP contribution >= 0.6 is 12.4 Å². The predicted octanol–water partition coefficient (Wildman–Crippen LogP) is 3.22. The van der Waals surface area contributed by atoms with Gasteiger partial charge in [-0.05, 0) is 19.4 Å².